The molecular weight excluding hydrogens is 1160 g/mol. The monoisotopic (exact) mass is 1270 g/mol. The second-order valence-electron chi connectivity index (χ2n) is 22.4. The number of rotatable bonds is 29. The van der Waals surface area contributed by atoms with Gasteiger partial charge in [0.05, 0.1) is 12.2 Å². The number of aliphatic hydroxyl groups is 2. The van der Waals surface area contributed by atoms with Gasteiger partial charge < -0.3 is 97.4 Å². The summed E-state index contributed by atoms with van der Waals surface area (Å²) in [5.74, 6) is -9.49. The molecule has 0 saturated carbocycles. The average Bonchev–Trinajstić information content (AvgIpc) is 2.81. The number of nitrogens with one attached hydrogen (secondary N) is 11. The summed E-state index contributed by atoms with van der Waals surface area (Å²) in [5.41, 5.74) is 29.2. The fourth-order valence-electron chi connectivity index (χ4n) is 8.76. The number of amides is 11. The summed E-state index contributed by atoms with van der Waals surface area (Å²) in [6.07, 6.45) is -0.760. The van der Waals surface area contributed by atoms with Crippen LogP contribution in [0.5, 0.6) is 0 Å². The predicted octanol–water partition coefficient (Wildman–Crippen LogP) is -6.09. The Morgan fingerprint density at radius 3 is 1.36 bits per heavy atom. The lowest BCUT2D eigenvalue weighted by Gasteiger charge is -2.29. The minimum Gasteiger partial charge on any atom is -0.391 e. The fraction of sp³-hybridized carbons (Fsp3) is 0.792. The lowest BCUT2D eigenvalue weighted by molar-refractivity contribution is -0.137. The normalized spacial score (nSPS) is 22.7. The van der Waals surface area contributed by atoms with Crippen LogP contribution in [0.15, 0.2) is 0 Å². The van der Waals surface area contributed by atoms with Gasteiger partial charge in [0.15, 0.2) is 0 Å². The van der Waals surface area contributed by atoms with Gasteiger partial charge in [-0.3, -0.25) is 61.8 Å². The first-order chi connectivity index (χ1) is 40.7. The standard InChI is InChI=1S/C53H100N16O13.H2O4S/c1-9-30(6)12-10-11-13-41(72)60-33(14-20-54)48(77)69-43(32(8)71)53(82)65-36(17-23-57)45(74)64-38-19-25-59-52(81)42(31(7)70)68-49(78)37(18-24-58)62-44(73)34(15-21-55)63-50(79)39(26-28(2)3)67-51(80)40(27-29(4)5)66-46(75)35(16-22-56)61-47(38)76;1-5(2,3)4/h28-40,42-43,70-71H,9-27,54-58H2,1-8H3,(H,59,81)(H,60,72)(H,61,76)(H,62,73)(H,63,79)(H,64,74)(H,65,82)(H,66,75)(H,67,80)(H,68,78)(H,69,77);(H2,1,2,3,4)/t30?,31-,32-,33+,34+,35+,36+,37+,38+,39+,40-,42?,43+;/m1./s1. The smallest absolute Gasteiger partial charge is 0.391 e. The maximum Gasteiger partial charge on any atom is 0.394 e. The number of hydrogen-bond acceptors (Lipinski definition) is 20. The Bertz CT molecular complexity index is 2310. The van der Waals surface area contributed by atoms with Crippen molar-refractivity contribution in [1.29, 1.82) is 0 Å². The Morgan fingerprint density at radius 1 is 0.540 bits per heavy atom. The van der Waals surface area contributed by atoms with Crippen LogP contribution in [0.4, 0.5) is 0 Å². The van der Waals surface area contributed by atoms with Crippen LogP contribution >= 0.6 is 0 Å². The van der Waals surface area contributed by atoms with Crippen molar-refractivity contribution in [2.75, 3.05) is 39.3 Å². The molecule has 0 aliphatic carbocycles. The molecule has 25 N–H and O–H groups in total. The van der Waals surface area contributed by atoms with Crippen LogP contribution in [-0.2, 0) is 63.1 Å². The zero-order valence-corrected chi connectivity index (χ0v) is 52.3. The van der Waals surface area contributed by atoms with E-state index < -0.39 is 161 Å². The maximum atomic E-state index is 14.4. The van der Waals surface area contributed by atoms with E-state index >= 15 is 0 Å². The van der Waals surface area contributed by atoms with E-state index in [0.717, 1.165) is 19.3 Å². The Morgan fingerprint density at radius 2 is 0.954 bits per heavy atom. The molecule has 0 aromatic heterocycles. The Hall–Kier alpha value is -6.24. The summed E-state index contributed by atoms with van der Waals surface area (Å²) in [6.45, 7) is 12.6. The van der Waals surface area contributed by atoms with Crippen LogP contribution < -0.4 is 87.2 Å². The van der Waals surface area contributed by atoms with Gasteiger partial charge in [0.25, 0.3) is 0 Å². The number of carbonyl (C=O) groups is 11. The lowest BCUT2D eigenvalue weighted by atomic mass is 9.99. The molecule has 1 heterocycles. The number of carbonyl (C=O) groups excluding carboxylic acids is 11. The first-order valence-corrected chi connectivity index (χ1v) is 30.9. The van der Waals surface area contributed by atoms with E-state index in [2.05, 4.69) is 72.3 Å². The summed E-state index contributed by atoms with van der Waals surface area (Å²) < 4.78 is 31.6. The number of aliphatic hydroxyl groups excluding tert-OH is 2. The highest BCUT2D eigenvalue weighted by molar-refractivity contribution is 7.79. The molecule has 0 spiro atoms. The van der Waals surface area contributed by atoms with E-state index in [-0.39, 0.29) is 95.9 Å². The lowest BCUT2D eigenvalue weighted by Crippen LogP contribution is -2.62. The van der Waals surface area contributed by atoms with Crippen molar-refractivity contribution < 1.29 is 80.5 Å². The van der Waals surface area contributed by atoms with E-state index in [1.54, 1.807) is 27.7 Å². The van der Waals surface area contributed by atoms with Crippen molar-refractivity contribution in [3.05, 3.63) is 0 Å². The van der Waals surface area contributed by atoms with Gasteiger partial charge in [0.1, 0.15) is 60.4 Å². The summed E-state index contributed by atoms with van der Waals surface area (Å²) in [5, 5.41) is 49.5. The topological polar surface area (TPSA) is 565 Å². The van der Waals surface area contributed by atoms with Crippen molar-refractivity contribution in [3.8, 4) is 0 Å². The highest BCUT2D eigenvalue weighted by Crippen LogP contribution is 2.14. The SMILES string of the molecule is CCC(C)CCCCC(=O)N[C@@H](CCN)C(=O)N[C@H](C(=O)N[C@@H](CCN)C(=O)N[C@H]1CCNC(=O)C([C@@H](C)O)NC(=O)[C@H](CCN)NC(=O)[C@H](CCN)NC(=O)[C@H](CC(C)C)NC(=O)[C@@H](CC(C)C)NC(=O)[C@H](CCN)NC1=O)[C@@H](C)O.O=S(=O)(O)O. The van der Waals surface area contributed by atoms with Gasteiger partial charge in [-0.15, -0.1) is 0 Å². The second kappa shape index (κ2) is 42.6. The second-order valence-corrected chi connectivity index (χ2v) is 23.3. The van der Waals surface area contributed by atoms with Crippen molar-refractivity contribution in [2.24, 2.45) is 46.4 Å². The highest BCUT2D eigenvalue weighted by atomic mass is 32.3. The van der Waals surface area contributed by atoms with Gasteiger partial charge in [-0.2, -0.15) is 8.42 Å². The Kier molecular flexibility index (Phi) is 39.6. The zero-order valence-electron chi connectivity index (χ0n) is 51.5. The zero-order chi connectivity index (χ0) is 66.7. The first-order valence-electron chi connectivity index (χ1n) is 29.5. The predicted molar refractivity (Wildman–Crippen MR) is 320 cm³/mol. The fourth-order valence-corrected chi connectivity index (χ4v) is 8.76. The number of nitrogens with two attached hydrogens (primary N) is 5. The van der Waals surface area contributed by atoms with E-state index in [9.17, 15) is 63.0 Å². The first kappa shape index (κ1) is 80.8. The summed E-state index contributed by atoms with van der Waals surface area (Å²) in [6, 6.07) is -14.5. The van der Waals surface area contributed by atoms with E-state index in [1.165, 1.54) is 13.8 Å². The maximum absolute atomic E-state index is 14.4. The third kappa shape index (κ3) is 33.6. The third-order valence-corrected chi connectivity index (χ3v) is 13.7. The number of hydrogen-bond donors (Lipinski definition) is 20. The van der Waals surface area contributed by atoms with Crippen LogP contribution in [0.25, 0.3) is 0 Å². The largest absolute Gasteiger partial charge is 0.394 e. The molecule has 1 fully saturated rings. The van der Waals surface area contributed by atoms with Crippen molar-refractivity contribution >= 4 is 75.4 Å². The molecule has 33 nitrogen and oxygen atoms in total. The van der Waals surface area contributed by atoms with Crippen molar-refractivity contribution in [1.82, 2.24) is 58.5 Å². The molecule has 0 aromatic rings. The van der Waals surface area contributed by atoms with Crippen LogP contribution in [0.1, 0.15) is 139 Å². The number of unbranched alkanes of at least 4 members (excludes halogenated alkanes) is 1. The van der Waals surface area contributed by atoms with Crippen LogP contribution in [0, 0.1) is 17.8 Å². The molecule has 34 heteroatoms. The quantitative estimate of drug-likeness (QED) is 0.0245. The molecule has 87 heavy (non-hydrogen) atoms. The Balaban J connectivity index is 0.0000141. The molecule has 1 saturated heterocycles. The highest BCUT2D eigenvalue weighted by Gasteiger charge is 2.37. The molecule has 0 aromatic carbocycles. The minimum absolute atomic E-state index is 0.0131. The van der Waals surface area contributed by atoms with Gasteiger partial charge in [0, 0.05) is 13.0 Å². The van der Waals surface area contributed by atoms with E-state index in [4.69, 9.17) is 46.2 Å². The molecule has 2 unspecified atom stereocenters. The molecular formula is C53H102N16O17S. The van der Waals surface area contributed by atoms with Gasteiger partial charge in [-0.05, 0) is 122 Å². The molecule has 502 valence electrons. The molecule has 1 aliphatic heterocycles. The van der Waals surface area contributed by atoms with E-state index in [1.807, 2.05) is 0 Å². The molecule has 0 bridgehead atoms. The third-order valence-electron chi connectivity index (χ3n) is 13.7. The molecule has 11 amide bonds. The van der Waals surface area contributed by atoms with Crippen molar-refractivity contribution in [3.63, 3.8) is 0 Å². The van der Waals surface area contributed by atoms with Gasteiger partial charge in [-0.25, -0.2) is 0 Å². The molecule has 1 aliphatic rings. The van der Waals surface area contributed by atoms with Gasteiger partial charge >= 0.3 is 10.4 Å². The van der Waals surface area contributed by atoms with Gasteiger partial charge in [0.2, 0.25) is 65.0 Å². The summed E-state index contributed by atoms with van der Waals surface area (Å²) in [4.78, 5) is 153. The average molecular weight is 1270 g/mol. The minimum atomic E-state index is -4.67. The summed E-state index contributed by atoms with van der Waals surface area (Å²) in [7, 11) is -4.67. The molecule has 0 radical (unpaired) electrons. The van der Waals surface area contributed by atoms with E-state index in [0.29, 0.717) is 12.3 Å². The van der Waals surface area contributed by atoms with Crippen molar-refractivity contribution in [2.45, 2.75) is 211 Å². The van der Waals surface area contributed by atoms with Crippen LogP contribution in [-0.4, -0.2) is 205 Å². The van der Waals surface area contributed by atoms with Crippen LogP contribution in [0.2, 0.25) is 0 Å². The molecule has 13 atom stereocenters. The molecule has 1 rings (SSSR count). The van der Waals surface area contributed by atoms with Crippen LogP contribution in [0.3, 0.4) is 0 Å². The van der Waals surface area contributed by atoms with Gasteiger partial charge in [-0.1, -0.05) is 60.8 Å². The summed E-state index contributed by atoms with van der Waals surface area (Å²) >= 11 is 0. The Labute approximate surface area is 509 Å².